The van der Waals surface area contributed by atoms with Gasteiger partial charge in [-0.25, -0.2) is 14.4 Å². The van der Waals surface area contributed by atoms with Gasteiger partial charge >= 0.3 is 5.69 Å². The Morgan fingerprint density at radius 1 is 1.28 bits per heavy atom. The van der Waals surface area contributed by atoms with E-state index in [2.05, 4.69) is 26.1 Å². The summed E-state index contributed by atoms with van der Waals surface area (Å²) in [6, 6.07) is 5.25. The number of hydrazine groups is 1. The highest BCUT2D eigenvalue weighted by Crippen LogP contribution is 2.25. The molecule has 5 N–H and O–H groups in total. The van der Waals surface area contributed by atoms with E-state index in [-0.39, 0.29) is 17.2 Å². The van der Waals surface area contributed by atoms with Crippen LogP contribution in [0.25, 0.3) is 0 Å². The molecule has 2 aromatic rings. The zero-order valence-corrected chi connectivity index (χ0v) is 12.5. The normalized spacial score (nSPS) is 9.96. The van der Waals surface area contributed by atoms with E-state index in [0.717, 1.165) is 12.4 Å². The van der Waals surface area contributed by atoms with Crippen molar-refractivity contribution in [1.29, 1.82) is 0 Å². The van der Waals surface area contributed by atoms with Gasteiger partial charge in [-0.05, 0) is 12.1 Å². The fourth-order valence-electron chi connectivity index (χ4n) is 1.74. The van der Waals surface area contributed by atoms with Crippen LogP contribution in [0, 0.1) is 15.9 Å². The fraction of sp³-hybridized carbons (Fsp3) is 0.0769. The molecule has 0 saturated heterocycles. The average molecular weight is 349 g/mol. The first-order valence-corrected chi connectivity index (χ1v) is 6.72. The molecule has 0 saturated carbocycles. The Kier molecular flexibility index (Phi) is 5.35. The highest BCUT2D eigenvalue weighted by atomic mass is 19.1. The lowest BCUT2D eigenvalue weighted by atomic mass is 10.2. The molecule has 0 atom stereocenters. The molecule has 2 amide bonds. The number of rotatable bonds is 6. The van der Waals surface area contributed by atoms with Crippen LogP contribution in [0.5, 0.6) is 0 Å². The van der Waals surface area contributed by atoms with Gasteiger partial charge in [-0.2, -0.15) is 0 Å². The molecule has 0 spiro atoms. The zero-order valence-electron chi connectivity index (χ0n) is 12.5. The number of nitrogen functional groups attached to an aromatic ring is 1. The Labute approximate surface area is 139 Å². The standard InChI is InChI=1S/C13H12FN7O4/c14-8-4-2-1-3-7(8)13(23)16-5-9(22)19-20-12-10(21(24)25)11(15)17-6-18-12/h1-4,6H,5H2,(H,16,23)(H,19,22)(H3,15,17,18,20). The van der Waals surface area contributed by atoms with Crippen LogP contribution in [-0.4, -0.2) is 33.3 Å². The molecule has 0 radical (unpaired) electrons. The van der Waals surface area contributed by atoms with Crippen LogP contribution in [0.2, 0.25) is 0 Å². The highest BCUT2D eigenvalue weighted by Gasteiger charge is 2.21. The lowest BCUT2D eigenvalue weighted by Crippen LogP contribution is -2.40. The molecule has 0 aliphatic rings. The predicted molar refractivity (Wildman–Crippen MR) is 83.6 cm³/mol. The summed E-state index contributed by atoms with van der Waals surface area (Å²) in [7, 11) is 0. The van der Waals surface area contributed by atoms with Gasteiger partial charge in [-0.15, -0.1) is 0 Å². The maximum absolute atomic E-state index is 13.4. The number of anilines is 2. The lowest BCUT2D eigenvalue weighted by Gasteiger charge is -2.09. The predicted octanol–water partition coefficient (Wildman–Crippen LogP) is -0.0208. The molecular formula is C13H12FN7O4. The van der Waals surface area contributed by atoms with Gasteiger partial charge in [-0.1, -0.05) is 12.1 Å². The van der Waals surface area contributed by atoms with Crippen LogP contribution < -0.4 is 21.9 Å². The Bertz CT molecular complexity index is 830. The molecule has 0 unspecified atom stereocenters. The fourth-order valence-corrected chi connectivity index (χ4v) is 1.74. The number of nitro groups is 1. The van der Waals surface area contributed by atoms with Crippen LogP contribution in [0.1, 0.15) is 10.4 Å². The van der Waals surface area contributed by atoms with Crippen molar-refractivity contribution in [2.45, 2.75) is 0 Å². The first-order valence-electron chi connectivity index (χ1n) is 6.72. The number of nitrogens with zero attached hydrogens (tertiary/aromatic N) is 3. The molecule has 0 fully saturated rings. The number of amides is 2. The smallest absolute Gasteiger partial charge is 0.354 e. The van der Waals surface area contributed by atoms with Crippen molar-refractivity contribution in [3.8, 4) is 0 Å². The van der Waals surface area contributed by atoms with Gasteiger partial charge in [0.15, 0.2) is 0 Å². The number of hydrogen-bond donors (Lipinski definition) is 4. The summed E-state index contributed by atoms with van der Waals surface area (Å²) >= 11 is 0. The summed E-state index contributed by atoms with van der Waals surface area (Å²) in [5, 5.41) is 13.1. The lowest BCUT2D eigenvalue weighted by molar-refractivity contribution is -0.383. The summed E-state index contributed by atoms with van der Waals surface area (Å²) in [5.41, 5.74) is 8.84. The summed E-state index contributed by atoms with van der Waals surface area (Å²) in [6.07, 6.45) is 0.969. The topological polar surface area (TPSA) is 165 Å². The maximum Gasteiger partial charge on any atom is 0.354 e. The second-order valence-corrected chi connectivity index (χ2v) is 4.55. The van der Waals surface area contributed by atoms with Crippen molar-refractivity contribution in [2.24, 2.45) is 0 Å². The number of carbonyl (C=O) groups excluding carboxylic acids is 2. The first-order chi connectivity index (χ1) is 11.9. The molecule has 1 heterocycles. The third-order valence-electron chi connectivity index (χ3n) is 2.88. The third-order valence-corrected chi connectivity index (χ3v) is 2.88. The van der Waals surface area contributed by atoms with E-state index >= 15 is 0 Å². The molecular weight excluding hydrogens is 337 g/mol. The molecule has 1 aromatic heterocycles. The van der Waals surface area contributed by atoms with Crippen molar-refractivity contribution in [3.63, 3.8) is 0 Å². The van der Waals surface area contributed by atoms with Gasteiger partial charge in [0.05, 0.1) is 17.0 Å². The number of nitrogens with two attached hydrogens (primary N) is 1. The van der Waals surface area contributed by atoms with E-state index < -0.39 is 34.8 Å². The minimum Gasteiger partial charge on any atom is -0.378 e. The molecule has 130 valence electrons. The van der Waals surface area contributed by atoms with Crippen LogP contribution in [0.15, 0.2) is 30.6 Å². The van der Waals surface area contributed by atoms with Crippen molar-refractivity contribution < 1.29 is 18.9 Å². The second-order valence-electron chi connectivity index (χ2n) is 4.55. The SMILES string of the molecule is Nc1ncnc(NNC(=O)CNC(=O)c2ccccc2F)c1[N+](=O)[O-]. The van der Waals surface area contributed by atoms with Crippen molar-refractivity contribution in [3.05, 3.63) is 52.1 Å². The summed E-state index contributed by atoms with van der Waals surface area (Å²) < 4.78 is 13.4. The number of aromatic nitrogens is 2. The van der Waals surface area contributed by atoms with Crippen molar-refractivity contribution in [1.82, 2.24) is 20.7 Å². The number of benzene rings is 1. The number of carbonyl (C=O) groups is 2. The van der Waals surface area contributed by atoms with Gasteiger partial charge < -0.3 is 11.1 Å². The monoisotopic (exact) mass is 349 g/mol. The largest absolute Gasteiger partial charge is 0.378 e. The summed E-state index contributed by atoms with van der Waals surface area (Å²) in [4.78, 5) is 40.6. The van der Waals surface area contributed by atoms with E-state index in [4.69, 9.17) is 5.73 Å². The minimum absolute atomic E-state index is 0.220. The Morgan fingerprint density at radius 2 is 2.00 bits per heavy atom. The van der Waals surface area contributed by atoms with E-state index in [1.54, 1.807) is 0 Å². The minimum atomic E-state index is -0.816. The Hall–Kier alpha value is -3.83. The van der Waals surface area contributed by atoms with Crippen LogP contribution in [0.3, 0.4) is 0 Å². The zero-order chi connectivity index (χ0) is 18.4. The van der Waals surface area contributed by atoms with Gasteiger partial charge in [0.1, 0.15) is 12.1 Å². The molecule has 2 rings (SSSR count). The van der Waals surface area contributed by atoms with Gasteiger partial charge in [0.2, 0.25) is 11.6 Å². The van der Waals surface area contributed by atoms with Crippen molar-refractivity contribution in [2.75, 3.05) is 17.7 Å². The van der Waals surface area contributed by atoms with Crippen LogP contribution in [0.4, 0.5) is 21.7 Å². The van der Waals surface area contributed by atoms with Gasteiger partial charge in [0, 0.05) is 0 Å². The average Bonchev–Trinajstić information content (AvgIpc) is 2.57. The van der Waals surface area contributed by atoms with Gasteiger partial charge in [-0.3, -0.25) is 30.6 Å². The van der Waals surface area contributed by atoms with Crippen LogP contribution >= 0.6 is 0 Å². The van der Waals surface area contributed by atoms with Crippen LogP contribution in [-0.2, 0) is 4.79 Å². The van der Waals surface area contributed by atoms with Gasteiger partial charge in [0.25, 0.3) is 11.8 Å². The second kappa shape index (κ2) is 7.63. The molecule has 11 nitrogen and oxygen atoms in total. The Balaban J connectivity index is 1.92. The number of nitrogens with one attached hydrogen (secondary N) is 3. The Morgan fingerprint density at radius 3 is 2.68 bits per heavy atom. The third kappa shape index (κ3) is 4.34. The summed E-state index contributed by atoms with van der Waals surface area (Å²) in [6.45, 7) is -0.505. The first kappa shape index (κ1) is 17.5. The molecule has 0 aliphatic heterocycles. The highest BCUT2D eigenvalue weighted by molar-refractivity contribution is 5.96. The van der Waals surface area contributed by atoms with E-state index in [1.807, 2.05) is 0 Å². The molecule has 12 heteroatoms. The van der Waals surface area contributed by atoms with E-state index in [0.29, 0.717) is 0 Å². The van der Waals surface area contributed by atoms with Crippen molar-refractivity contribution >= 4 is 29.1 Å². The number of halogens is 1. The maximum atomic E-state index is 13.4. The quantitative estimate of drug-likeness (QED) is 0.417. The molecule has 25 heavy (non-hydrogen) atoms. The molecule has 1 aromatic carbocycles. The summed E-state index contributed by atoms with van der Waals surface area (Å²) in [5.74, 6) is -2.98. The molecule has 0 bridgehead atoms. The molecule has 0 aliphatic carbocycles. The van der Waals surface area contributed by atoms with E-state index in [9.17, 15) is 24.1 Å². The van der Waals surface area contributed by atoms with E-state index in [1.165, 1.54) is 18.2 Å². The number of hydrogen-bond acceptors (Lipinski definition) is 8.